The molecule has 1 heterocycles. The first-order chi connectivity index (χ1) is 12.6. The third-order valence-electron chi connectivity index (χ3n) is 4.10. The summed E-state index contributed by atoms with van der Waals surface area (Å²) in [6, 6.07) is 13.6. The number of fused-ring (bicyclic) bond motifs is 1. The summed E-state index contributed by atoms with van der Waals surface area (Å²) in [5, 5.41) is 8.05. The van der Waals surface area contributed by atoms with E-state index < -0.39 is 12.7 Å². The van der Waals surface area contributed by atoms with Gasteiger partial charge in [-0.3, -0.25) is 9.48 Å². The molecule has 0 aliphatic rings. The molecule has 1 aromatic heterocycles. The number of aromatic nitrogens is 2. The maximum absolute atomic E-state index is 12.6. The number of hydrogen-bond donors (Lipinski definition) is 1. The van der Waals surface area contributed by atoms with Crippen LogP contribution in [-0.2, 0) is 11.3 Å². The molecule has 26 heavy (non-hydrogen) atoms. The minimum absolute atomic E-state index is 0.0435. The third kappa shape index (κ3) is 3.99. The summed E-state index contributed by atoms with van der Waals surface area (Å²) in [7, 11) is 0. The molecule has 0 saturated carbocycles. The molecule has 1 amide bonds. The number of carbonyl (C=O) groups is 1. The predicted octanol–water partition coefficient (Wildman–Crippen LogP) is 3.91. The van der Waals surface area contributed by atoms with Crippen LogP contribution in [0.15, 0.2) is 54.7 Å². The van der Waals surface area contributed by atoms with Gasteiger partial charge in [-0.15, -0.1) is 0 Å². The molecule has 3 aromatic rings. The fraction of sp³-hybridized carbons (Fsp3) is 0.263. The SMILES string of the molecule is CCC(NC(=O)Cn1ncc2ccccc21)c1ccccc1OC(F)F. The van der Waals surface area contributed by atoms with E-state index in [4.69, 9.17) is 0 Å². The van der Waals surface area contributed by atoms with Crippen LogP contribution in [0.2, 0.25) is 0 Å². The lowest BCUT2D eigenvalue weighted by molar-refractivity contribution is -0.122. The van der Waals surface area contributed by atoms with E-state index in [1.54, 1.807) is 29.1 Å². The van der Waals surface area contributed by atoms with Gasteiger partial charge in [0, 0.05) is 10.9 Å². The van der Waals surface area contributed by atoms with Crippen LogP contribution in [0.1, 0.15) is 24.9 Å². The van der Waals surface area contributed by atoms with Gasteiger partial charge >= 0.3 is 6.61 Å². The third-order valence-corrected chi connectivity index (χ3v) is 4.10. The molecule has 1 N–H and O–H groups in total. The normalized spacial score (nSPS) is 12.3. The lowest BCUT2D eigenvalue weighted by Gasteiger charge is -2.20. The lowest BCUT2D eigenvalue weighted by atomic mass is 10.0. The molecule has 0 fully saturated rings. The highest BCUT2D eigenvalue weighted by atomic mass is 19.3. The summed E-state index contributed by atoms with van der Waals surface area (Å²) in [5.74, 6) is -0.184. The van der Waals surface area contributed by atoms with E-state index >= 15 is 0 Å². The lowest BCUT2D eigenvalue weighted by Crippen LogP contribution is -2.32. The molecular formula is C19H19F2N3O2. The number of ether oxygens (including phenoxy) is 1. The minimum atomic E-state index is -2.92. The van der Waals surface area contributed by atoms with Crippen molar-refractivity contribution < 1.29 is 18.3 Å². The summed E-state index contributed by atoms with van der Waals surface area (Å²) >= 11 is 0. The maximum atomic E-state index is 12.6. The van der Waals surface area contributed by atoms with E-state index in [-0.39, 0.29) is 18.2 Å². The standard InChI is InChI=1S/C19H19F2N3O2/c1-2-15(14-8-4-6-10-17(14)26-19(20)21)23-18(25)12-24-16-9-5-3-7-13(16)11-22-24/h3-11,15,19H,2,12H2,1H3,(H,23,25). The van der Waals surface area contributed by atoms with Crippen LogP contribution in [-0.4, -0.2) is 22.3 Å². The van der Waals surface area contributed by atoms with E-state index in [1.807, 2.05) is 31.2 Å². The summed E-state index contributed by atoms with van der Waals surface area (Å²) < 4.78 is 31.4. The van der Waals surface area contributed by atoms with Gasteiger partial charge in [0.15, 0.2) is 0 Å². The summed E-state index contributed by atoms with van der Waals surface area (Å²) in [5.41, 5.74) is 1.38. The average Bonchev–Trinajstić information content (AvgIpc) is 3.03. The number of alkyl halides is 2. The molecule has 2 aromatic carbocycles. The average molecular weight is 359 g/mol. The van der Waals surface area contributed by atoms with Gasteiger partial charge in [0.1, 0.15) is 12.3 Å². The van der Waals surface area contributed by atoms with Gasteiger partial charge in [-0.1, -0.05) is 43.3 Å². The Balaban J connectivity index is 1.75. The number of nitrogens with zero attached hydrogens (tertiary/aromatic N) is 2. The van der Waals surface area contributed by atoms with Gasteiger partial charge in [0.25, 0.3) is 0 Å². The first-order valence-corrected chi connectivity index (χ1v) is 8.32. The highest BCUT2D eigenvalue weighted by Crippen LogP contribution is 2.28. The number of halogens is 2. The van der Waals surface area contributed by atoms with Gasteiger partial charge < -0.3 is 10.1 Å². The van der Waals surface area contributed by atoms with Crippen molar-refractivity contribution in [3.63, 3.8) is 0 Å². The number of hydrogen-bond acceptors (Lipinski definition) is 3. The predicted molar refractivity (Wildman–Crippen MR) is 94.0 cm³/mol. The number of nitrogens with one attached hydrogen (secondary N) is 1. The molecular weight excluding hydrogens is 340 g/mol. The molecule has 1 unspecified atom stereocenters. The number of carbonyl (C=O) groups excluding carboxylic acids is 1. The Bertz CT molecular complexity index is 895. The van der Waals surface area contributed by atoms with Crippen LogP contribution < -0.4 is 10.1 Å². The molecule has 0 bridgehead atoms. The molecule has 1 atom stereocenters. The van der Waals surface area contributed by atoms with Crippen LogP contribution in [0.3, 0.4) is 0 Å². The largest absolute Gasteiger partial charge is 0.434 e. The van der Waals surface area contributed by atoms with Gasteiger partial charge in [0.05, 0.1) is 17.8 Å². The topological polar surface area (TPSA) is 56.2 Å². The summed E-state index contributed by atoms with van der Waals surface area (Å²) in [4.78, 5) is 12.5. The molecule has 0 spiro atoms. The van der Waals surface area contributed by atoms with E-state index in [2.05, 4.69) is 15.2 Å². The number of para-hydroxylation sites is 2. The van der Waals surface area contributed by atoms with E-state index in [9.17, 15) is 13.6 Å². The van der Waals surface area contributed by atoms with Gasteiger partial charge in [-0.05, 0) is 18.6 Å². The molecule has 136 valence electrons. The molecule has 3 rings (SSSR count). The van der Waals surface area contributed by atoms with E-state index in [0.29, 0.717) is 12.0 Å². The highest BCUT2D eigenvalue weighted by Gasteiger charge is 2.19. The van der Waals surface area contributed by atoms with Crippen molar-refractivity contribution in [2.24, 2.45) is 0 Å². The fourth-order valence-corrected chi connectivity index (χ4v) is 2.90. The van der Waals surface area contributed by atoms with Crippen LogP contribution in [0.25, 0.3) is 10.9 Å². The van der Waals surface area contributed by atoms with Crippen LogP contribution in [0, 0.1) is 0 Å². The Kier molecular flexibility index (Phi) is 5.46. The van der Waals surface area contributed by atoms with Crippen LogP contribution in [0.4, 0.5) is 8.78 Å². The van der Waals surface area contributed by atoms with Crippen molar-refractivity contribution in [1.82, 2.24) is 15.1 Å². The quantitative estimate of drug-likeness (QED) is 0.696. The van der Waals surface area contributed by atoms with Crippen molar-refractivity contribution in [2.45, 2.75) is 32.5 Å². The molecule has 0 radical (unpaired) electrons. The van der Waals surface area contributed by atoms with E-state index in [0.717, 1.165) is 10.9 Å². The van der Waals surface area contributed by atoms with Crippen molar-refractivity contribution in [3.8, 4) is 5.75 Å². The van der Waals surface area contributed by atoms with Crippen molar-refractivity contribution in [3.05, 3.63) is 60.3 Å². The number of benzene rings is 2. The number of amides is 1. The Morgan fingerprint density at radius 2 is 1.92 bits per heavy atom. The second-order valence-electron chi connectivity index (χ2n) is 5.81. The van der Waals surface area contributed by atoms with Gasteiger partial charge in [0.2, 0.25) is 5.91 Å². The van der Waals surface area contributed by atoms with E-state index in [1.165, 1.54) is 6.07 Å². The van der Waals surface area contributed by atoms with Crippen LogP contribution in [0.5, 0.6) is 5.75 Å². The van der Waals surface area contributed by atoms with Gasteiger partial charge in [-0.2, -0.15) is 13.9 Å². The van der Waals surface area contributed by atoms with Crippen molar-refractivity contribution in [2.75, 3.05) is 0 Å². The Labute approximate surface area is 149 Å². The molecule has 5 nitrogen and oxygen atoms in total. The van der Waals surface area contributed by atoms with Crippen LogP contribution >= 0.6 is 0 Å². The molecule has 0 aliphatic carbocycles. The molecule has 0 saturated heterocycles. The Hall–Kier alpha value is -2.96. The second kappa shape index (κ2) is 7.95. The summed E-state index contributed by atoms with van der Waals surface area (Å²) in [6.07, 6.45) is 2.24. The molecule has 7 heteroatoms. The Morgan fingerprint density at radius 3 is 2.69 bits per heavy atom. The highest BCUT2D eigenvalue weighted by molar-refractivity contribution is 5.82. The smallest absolute Gasteiger partial charge is 0.387 e. The summed E-state index contributed by atoms with van der Waals surface area (Å²) in [6.45, 7) is -1.00. The zero-order valence-electron chi connectivity index (χ0n) is 14.2. The maximum Gasteiger partial charge on any atom is 0.387 e. The Morgan fingerprint density at radius 1 is 1.19 bits per heavy atom. The first-order valence-electron chi connectivity index (χ1n) is 8.32. The van der Waals surface area contributed by atoms with Gasteiger partial charge in [-0.25, -0.2) is 0 Å². The minimum Gasteiger partial charge on any atom is -0.434 e. The van der Waals surface area contributed by atoms with Crippen molar-refractivity contribution >= 4 is 16.8 Å². The molecule has 0 aliphatic heterocycles. The first kappa shape index (κ1) is 17.8. The monoisotopic (exact) mass is 359 g/mol. The zero-order chi connectivity index (χ0) is 18.5. The zero-order valence-corrected chi connectivity index (χ0v) is 14.2. The fourth-order valence-electron chi connectivity index (χ4n) is 2.90. The second-order valence-corrected chi connectivity index (χ2v) is 5.81. The number of rotatable bonds is 7. The van der Waals surface area contributed by atoms with Crippen molar-refractivity contribution in [1.29, 1.82) is 0 Å².